The molecule has 15 heavy (non-hydrogen) atoms. The van der Waals surface area contributed by atoms with Gasteiger partial charge in [-0.3, -0.25) is 4.79 Å². The minimum atomic E-state index is 0.0608. The molecule has 0 saturated carbocycles. The van der Waals surface area contributed by atoms with Crippen molar-refractivity contribution >= 4 is 17.3 Å². The van der Waals surface area contributed by atoms with Crippen LogP contribution in [0.1, 0.15) is 37.3 Å². The number of hydrogen-bond acceptors (Lipinski definition) is 2. The van der Waals surface area contributed by atoms with E-state index < -0.39 is 0 Å². The van der Waals surface area contributed by atoms with Crippen LogP contribution in [0.2, 0.25) is 0 Å². The summed E-state index contributed by atoms with van der Waals surface area (Å²) in [6.07, 6.45) is 1.51. The molecule has 0 spiro atoms. The molecule has 1 aromatic carbocycles. The molecule has 0 bridgehead atoms. The number of nitrogens with two attached hydrogens (primary N) is 1. The van der Waals surface area contributed by atoms with Crippen LogP contribution >= 0.6 is 0 Å². The highest BCUT2D eigenvalue weighted by Gasteiger charge is 2.20. The van der Waals surface area contributed by atoms with Crippen LogP contribution in [0.4, 0.5) is 11.4 Å². The van der Waals surface area contributed by atoms with Gasteiger partial charge in [0.15, 0.2) is 0 Å². The monoisotopic (exact) mass is 204 g/mol. The zero-order chi connectivity index (χ0) is 11.0. The largest absolute Gasteiger partial charge is 0.398 e. The molecule has 3 N–H and O–H groups in total. The minimum absolute atomic E-state index is 0.0608. The fourth-order valence-electron chi connectivity index (χ4n) is 1.96. The van der Waals surface area contributed by atoms with Crippen molar-refractivity contribution in [3.05, 3.63) is 23.3 Å². The van der Waals surface area contributed by atoms with Gasteiger partial charge in [-0.1, -0.05) is 13.8 Å². The summed E-state index contributed by atoms with van der Waals surface area (Å²) in [7, 11) is 0. The van der Waals surface area contributed by atoms with Gasteiger partial charge in [0.05, 0.1) is 6.42 Å². The molecule has 1 aromatic rings. The van der Waals surface area contributed by atoms with Crippen molar-refractivity contribution in [2.45, 2.75) is 32.6 Å². The topological polar surface area (TPSA) is 55.1 Å². The zero-order valence-electron chi connectivity index (χ0n) is 9.13. The molecule has 3 heteroatoms. The Morgan fingerprint density at radius 1 is 1.53 bits per heavy atom. The number of nitrogen functional groups attached to an aromatic ring is 1. The predicted molar refractivity (Wildman–Crippen MR) is 61.9 cm³/mol. The molecule has 0 aliphatic carbocycles. The Morgan fingerprint density at radius 3 is 2.93 bits per heavy atom. The number of nitrogens with one attached hydrogen (secondary N) is 1. The van der Waals surface area contributed by atoms with Crippen molar-refractivity contribution in [3.63, 3.8) is 0 Å². The maximum absolute atomic E-state index is 11.2. The highest BCUT2D eigenvalue weighted by atomic mass is 16.1. The number of hydrogen-bond donors (Lipinski definition) is 2. The summed E-state index contributed by atoms with van der Waals surface area (Å²) in [5.74, 6) is 0.499. The van der Waals surface area contributed by atoms with Crippen molar-refractivity contribution < 1.29 is 4.79 Å². The summed E-state index contributed by atoms with van der Waals surface area (Å²) < 4.78 is 0. The van der Waals surface area contributed by atoms with Crippen LogP contribution in [0.25, 0.3) is 0 Å². The number of carbonyl (C=O) groups excluding carboxylic acids is 1. The van der Waals surface area contributed by atoms with Gasteiger partial charge in [0.2, 0.25) is 5.91 Å². The lowest BCUT2D eigenvalue weighted by molar-refractivity contribution is -0.115. The Balaban J connectivity index is 2.44. The molecule has 0 radical (unpaired) electrons. The average Bonchev–Trinajstić information content (AvgIpc) is 2.55. The maximum atomic E-state index is 11.2. The Kier molecular flexibility index (Phi) is 2.39. The van der Waals surface area contributed by atoms with Crippen LogP contribution in [0.3, 0.4) is 0 Å². The van der Waals surface area contributed by atoms with Crippen LogP contribution in [0.15, 0.2) is 12.1 Å². The van der Waals surface area contributed by atoms with Crippen LogP contribution in [0, 0.1) is 0 Å². The van der Waals surface area contributed by atoms with Crippen LogP contribution < -0.4 is 11.1 Å². The van der Waals surface area contributed by atoms with Gasteiger partial charge in [0, 0.05) is 11.4 Å². The molecule has 1 aliphatic heterocycles. The lowest BCUT2D eigenvalue weighted by Gasteiger charge is -2.13. The van der Waals surface area contributed by atoms with Gasteiger partial charge in [-0.05, 0) is 35.6 Å². The van der Waals surface area contributed by atoms with E-state index in [9.17, 15) is 4.79 Å². The normalized spacial score (nSPS) is 16.0. The maximum Gasteiger partial charge on any atom is 0.228 e. The number of carbonyl (C=O) groups is 1. The third-order valence-electron chi connectivity index (χ3n) is 3.08. The van der Waals surface area contributed by atoms with Gasteiger partial charge in [-0.25, -0.2) is 0 Å². The number of amides is 1. The first-order valence-electron chi connectivity index (χ1n) is 5.34. The van der Waals surface area contributed by atoms with Gasteiger partial charge in [0.25, 0.3) is 0 Å². The molecule has 1 atom stereocenters. The molecule has 80 valence electrons. The van der Waals surface area contributed by atoms with E-state index in [0.29, 0.717) is 12.3 Å². The van der Waals surface area contributed by atoms with Gasteiger partial charge < -0.3 is 11.1 Å². The Morgan fingerprint density at radius 2 is 2.27 bits per heavy atom. The molecule has 1 heterocycles. The van der Waals surface area contributed by atoms with Gasteiger partial charge >= 0.3 is 0 Å². The summed E-state index contributed by atoms with van der Waals surface area (Å²) >= 11 is 0. The molecule has 0 aromatic heterocycles. The smallest absolute Gasteiger partial charge is 0.228 e. The molecule has 1 unspecified atom stereocenters. The summed E-state index contributed by atoms with van der Waals surface area (Å²) in [6.45, 7) is 4.28. The molecule has 1 aliphatic rings. The van der Waals surface area contributed by atoms with E-state index >= 15 is 0 Å². The SMILES string of the molecule is CCC(C)c1cc2c(cc1N)CC(=O)N2. The number of anilines is 2. The Bertz CT molecular complexity index is 412. The molecular weight excluding hydrogens is 188 g/mol. The molecule has 0 fully saturated rings. The summed E-state index contributed by atoms with van der Waals surface area (Å²) in [4.78, 5) is 11.2. The number of benzene rings is 1. The first-order chi connectivity index (χ1) is 7.11. The fourth-order valence-corrected chi connectivity index (χ4v) is 1.96. The first-order valence-corrected chi connectivity index (χ1v) is 5.34. The Labute approximate surface area is 89.7 Å². The number of fused-ring (bicyclic) bond motifs is 1. The van der Waals surface area contributed by atoms with Crippen LogP contribution in [-0.4, -0.2) is 5.91 Å². The lowest BCUT2D eigenvalue weighted by Crippen LogP contribution is -2.04. The van der Waals surface area contributed by atoms with E-state index in [-0.39, 0.29) is 5.91 Å². The predicted octanol–water partition coefficient (Wildman–Crippen LogP) is 2.28. The van der Waals surface area contributed by atoms with Crippen molar-refractivity contribution in [1.29, 1.82) is 0 Å². The third kappa shape index (κ3) is 1.69. The number of rotatable bonds is 2. The quantitative estimate of drug-likeness (QED) is 0.726. The molecule has 2 rings (SSSR count). The van der Waals surface area contributed by atoms with Gasteiger partial charge in [-0.15, -0.1) is 0 Å². The molecule has 3 nitrogen and oxygen atoms in total. The lowest BCUT2D eigenvalue weighted by atomic mass is 9.95. The molecule has 0 saturated heterocycles. The second-order valence-electron chi connectivity index (χ2n) is 4.17. The highest BCUT2D eigenvalue weighted by molar-refractivity contribution is 5.99. The first kappa shape index (κ1) is 10.0. The fraction of sp³-hybridized carbons (Fsp3) is 0.417. The average molecular weight is 204 g/mol. The van der Waals surface area contributed by atoms with E-state index in [1.165, 1.54) is 0 Å². The van der Waals surface area contributed by atoms with Crippen molar-refractivity contribution in [1.82, 2.24) is 0 Å². The van der Waals surface area contributed by atoms with Crippen molar-refractivity contribution in [2.75, 3.05) is 11.1 Å². The second kappa shape index (κ2) is 3.57. The zero-order valence-corrected chi connectivity index (χ0v) is 9.13. The third-order valence-corrected chi connectivity index (χ3v) is 3.08. The summed E-state index contributed by atoms with van der Waals surface area (Å²) in [6, 6.07) is 3.94. The van der Waals surface area contributed by atoms with Crippen LogP contribution in [-0.2, 0) is 11.2 Å². The van der Waals surface area contributed by atoms with Crippen LogP contribution in [0.5, 0.6) is 0 Å². The minimum Gasteiger partial charge on any atom is -0.398 e. The molecular formula is C12H16N2O. The summed E-state index contributed by atoms with van der Waals surface area (Å²) in [5.41, 5.74) is 9.87. The van der Waals surface area contributed by atoms with Gasteiger partial charge in [0.1, 0.15) is 0 Å². The van der Waals surface area contributed by atoms with E-state index in [4.69, 9.17) is 5.73 Å². The van der Waals surface area contributed by atoms with E-state index in [2.05, 4.69) is 19.2 Å². The van der Waals surface area contributed by atoms with E-state index in [1.807, 2.05) is 12.1 Å². The van der Waals surface area contributed by atoms with Crippen molar-refractivity contribution in [2.24, 2.45) is 0 Å². The Hall–Kier alpha value is -1.51. The standard InChI is InChI=1S/C12H16N2O/c1-3-7(2)9-6-11-8(4-10(9)13)5-12(15)14-11/h4,6-7H,3,5,13H2,1-2H3,(H,14,15). The summed E-state index contributed by atoms with van der Waals surface area (Å²) in [5, 5.41) is 2.85. The van der Waals surface area contributed by atoms with E-state index in [1.54, 1.807) is 0 Å². The van der Waals surface area contributed by atoms with E-state index in [0.717, 1.165) is 28.9 Å². The van der Waals surface area contributed by atoms with Crippen molar-refractivity contribution in [3.8, 4) is 0 Å². The second-order valence-corrected chi connectivity index (χ2v) is 4.17. The molecule has 1 amide bonds. The van der Waals surface area contributed by atoms with Gasteiger partial charge in [-0.2, -0.15) is 0 Å². The highest BCUT2D eigenvalue weighted by Crippen LogP contribution is 2.33.